The Bertz CT molecular complexity index is 1460. The number of benzene rings is 2. The third kappa shape index (κ3) is 6.57. The topological polar surface area (TPSA) is 109 Å². The van der Waals surface area contributed by atoms with Gasteiger partial charge in [-0.15, -0.1) is 0 Å². The van der Waals surface area contributed by atoms with Crippen LogP contribution in [0.3, 0.4) is 0 Å². The molecule has 1 atom stereocenters. The molecule has 3 aromatic rings. The first kappa shape index (κ1) is 28.5. The molecule has 1 fully saturated rings. The number of amides is 2. The van der Waals surface area contributed by atoms with E-state index in [2.05, 4.69) is 10.4 Å². The SMILES string of the molecule is COc1ccc(-c2cnn(CC(=O)N3CCC[C@@H](NC(=O)OC(C)(C)C)C3)c2-c2ccc(C#N)c(F)c2)cc1F. The van der Waals surface area contributed by atoms with Crippen molar-refractivity contribution in [1.82, 2.24) is 20.0 Å². The minimum Gasteiger partial charge on any atom is -0.494 e. The Morgan fingerprint density at radius 2 is 1.88 bits per heavy atom. The molecule has 40 heavy (non-hydrogen) atoms. The molecule has 0 spiro atoms. The van der Waals surface area contributed by atoms with Gasteiger partial charge >= 0.3 is 6.09 Å². The number of hydrogen-bond donors (Lipinski definition) is 1. The molecule has 2 aromatic carbocycles. The molecule has 1 aliphatic rings. The first-order valence-electron chi connectivity index (χ1n) is 12.9. The molecular formula is C29H31F2N5O4. The van der Waals surface area contributed by atoms with Crippen molar-refractivity contribution in [3.05, 3.63) is 59.8 Å². The lowest BCUT2D eigenvalue weighted by atomic mass is 10.00. The maximum absolute atomic E-state index is 14.6. The summed E-state index contributed by atoms with van der Waals surface area (Å²) in [4.78, 5) is 27.3. The highest BCUT2D eigenvalue weighted by molar-refractivity contribution is 5.83. The summed E-state index contributed by atoms with van der Waals surface area (Å²) in [5, 5.41) is 16.4. The van der Waals surface area contributed by atoms with Crippen molar-refractivity contribution in [1.29, 1.82) is 5.26 Å². The van der Waals surface area contributed by atoms with Crippen LogP contribution in [0.4, 0.5) is 13.6 Å². The average molecular weight is 552 g/mol. The van der Waals surface area contributed by atoms with Crippen molar-refractivity contribution >= 4 is 12.0 Å². The Morgan fingerprint density at radius 3 is 2.52 bits per heavy atom. The van der Waals surface area contributed by atoms with Gasteiger partial charge in [-0.2, -0.15) is 10.4 Å². The van der Waals surface area contributed by atoms with E-state index >= 15 is 0 Å². The molecule has 0 unspecified atom stereocenters. The molecular weight excluding hydrogens is 520 g/mol. The molecule has 1 N–H and O–H groups in total. The summed E-state index contributed by atoms with van der Waals surface area (Å²) < 4.78 is 41.0. The van der Waals surface area contributed by atoms with E-state index in [1.54, 1.807) is 43.9 Å². The predicted octanol–water partition coefficient (Wildman–Crippen LogP) is 4.89. The van der Waals surface area contributed by atoms with Crippen LogP contribution >= 0.6 is 0 Å². The number of ether oxygens (including phenoxy) is 2. The van der Waals surface area contributed by atoms with Crippen LogP contribution in [-0.2, 0) is 16.1 Å². The van der Waals surface area contributed by atoms with E-state index < -0.39 is 23.3 Å². The molecule has 0 saturated carbocycles. The van der Waals surface area contributed by atoms with Gasteiger partial charge in [0.15, 0.2) is 11.6 Å². The summed E-state index contributed by atoms with van der Waals surface area (Å²) in [5.41, 5.74) is 0.927. The third-order valence-corrected chi connectivity index (χ3v) is 6.45. The Labute approximate surface area is 231 Å². The number of nitrogens with zero attached hydrogens (tertiary/aromatic N) is 4. The van der Waals surface area contributed by atoms with Gasteiger partial charge in [0.25, 0.3) is 0 Å². The summed E-state index contributed by atoms with van der Waals surface area (Å²) in [7, 11) is 1.36. The van der Waals surface area contributed by atoms with E-state index in [0.717, 1.165) is 0 Å². The number of nitriles is 1. The number of nitrogens with one attached hydrogen (secondary N) is 1. The Hall–Kier alpha value is -4.46. The number of piperidine rings is 1. The van der Waals surface area contributed by atoms with Gasteiger partial charge in [-0.25, -0.2) is 13.6 Å². The minimum atomic E-state index is -0.724. The highest BCUT2D eigenvalue weighted by atomic mass is 19.1. The van der Waals surface area contributed by atoms with Gasteiger partial charge < -0.3 is 19.7 Å². The van der Waals surface area contributed by atoms with Gasteiger partial charge in [0.1, 0.15) is 24.0 Å². The summed E-state index contributed by atoms with van der Waals surface area (Å²) in [6.07, 6.45) is 2.34. The fourth-order valence-electron chi connectivity index (χ4n) is 4.63. The lowest BCUT2D eigenvalue weighted by molar-refractivity contribution is -0.133. The lowest BCUT2D eigenvalue weighted by Gasteiger charge is -2.33. The summed E-state index contributed by atoms with van der Waals surface area (Å²) in [5.74, 6) is -1.49. The second-order valence-corrected chi connectivity index (χ2v) is 10.5. The molecule has 1 aliphatic heterocycles. The number of carbonyl (C=O) groups excluding carboxylic acids is 2. The number of carbonyl (C=O) groups is 2. The zero-order chi connectivity index (χ0) is 29.0. The zero-order valence-corrected chi connectivity index (χ0v) is 22.8. The zero-order valence-electron chi connectivity index (χ0n) is 22.8. The maximum Gasteiger partial charge on any atom is 0.407 e. The van der Waals surface area contributed by atoms with Crippen LogP contribution < -0.4 is 10.1 Å². The highest BCUT2D eigenvalue weighted by Gasteiger charge is 2.28. The fraction of sp³-hybridized carbons (Fsp3) is 0.379. The van der Waals surface area contributed by atoms with Gasteiger partial charge in [-0.3, -0.25) is 9.48 Å². The number of alkyl carbamates (subject to hydrolysis) is 1. The van der Waals surface area contributed by atoms with Crippen LogP contribution in [0, 0.1) is 23.0 Å². The van der Waals surface area contributed by atoms with Gasteiger partial charge in [0.05, 0.1) is 24.6 Å². The molecule has 2 amide bonds. The van der Waals surface area contributed by atoms with Crippen LogP contribution in [0.15, 0.2) is 42.6 Å². The first-order valence-corrected chi connectivity index (χ1v) is 12.9. The summed E-state index contributed by atoms with van der Waals surface area (Å²) in [6, 6.07) is 10.0. The molecule has 0 radical (unpaired) electrons. The van der Waals surface area contributed by atoms with Crippen molar-refractivity contribution in [2.45, 2.75) is 51.8 Å². The van der Waals surface area contributed by atoms with Gasteiger partial charge in [-0.1, -0.05) is 12.1 Å². The largest absolute Gasteiger partial charge is 0.494 e. The molecule has 1 saturated heterocycles. The van der Waals surface area contributed by atoms with E-state index in [0.29, 0.717) is 48.3 Å². The van der Waals surface area contributed by atoms with Crippen molar-refractivity contribution in [3.8, 4) is 34.2 Å². The Kier molecular flexibility index (Phi) is 8.38. The van der Waals surface area contributed by atoms with Crippen molar-refractivity contribution < 1.29 is 27.8 Å². The van der Waals surface area contributed by atoms with Crippen molar-refractivity contribution in [2.24, 2.45) is 0 Å². The lowest BCUT2D eigenvalue weighted by Crippen LogP contribution is -2.51. The van der Waals surface area contributed by atoms with Gasteiger partial charge in [-0.05, 0) is 63.4 Å². The van der Waals surface area contributed by atoms with Crippen LogP contribution in [0.1, 0.15) is 39.2 Å². The number of rotatable bonds is 6. The van der Waals surface area contributed by atoms with Crippen LogP contribution in [0.2, 0.25) is 0 Å². The van der Waals surface area contributed by atoms with Crippen LogP contribution in [-0.4, -0.2) is 58.5 Å². The quantitative estimate of drug-likeness (QED) is 0.467. The van der Waals surface area contributed by atoms with E-state index in [4.69, 9.17) is 14.7 Å². The molecule has 0 bridgehead atoms. The smallest absolute Gasteiger partial charge is 0.407 e. The van der Waals surface area contributed by atoms with E-state index in [1.165, 1.54) is 42.3 Å². The van der Waals surface area contributed by atoms with E-state index in [9.17, 15) is 18.4 Å². The molecule has 2 heterocycles. The monoisotopic (exact) mass is 551 g/mol. The molecule has 9 nitrogen and oxygen atoms in total. The number of methoxy groups -OCH3 is 1. The summed E-state index contributed by atoms with van der Waals surface area (Å²) >= 11 is 0. The average Bonchev–Trinajstić information content (AvgIpc) is 3.31. The van der Waals surface area contributed by atoms with Crippen molar-refractivity contribution in [2.75, 3.05) is 20.2 Å². The standard InChI is InChI=1S/C29H31F2N5O4/c1-29(2,3)40-28(38)34-21-6-5-11-35(16-21)26(37)17-36-27(19-7-8-20(14-32)23(30)13-19)22(15-33-36)18-9-10-25(39-4)24(31)12-18/h7-10,12-13,15,21H,5-6,11,16-17H2,1-4H3,(H,34,38)/t21-/m1/s1. The molecule has 4 rings (SSSR count). The number of aromatic nitrogens is 2. The number of halogens is 2. The maximum atomic E-state index is 14.6. The Balaban J connectivity index is 1.62. The third-order valence-electron chi connectivity index (χ3n) is 6.45. The summed E-state index contributed by atoms with van der Waals surface area (Å²) in [6.45, 7) is 5.97. The van der Waals surface area contributed by atoms with Gasteiger partial charge in [0.2, 0.25) is 5.91 Å². The fourth-order valence-corrected chi connectivity index (χ4v) is 4.63. The minimum absolute atomic E-state index is 0.0666. The number of hydrogen-bond acceptors (Lipinski definition) is 6. The van der Waals surface area contributed by atoms with E-state index in [1.807, 2.05) is 0 Å². The molecule has 11 heteroatoms. The molecule has 210 valence electrons. The number of likely N-dealkylation sites (tertiary alicyclic amines) is 1. The second kappa shape index (κ2) is 11.7. The van der Waals surface area contributed by atoms with Crippen molar-refractivity contribution in [3.63, 3.8) is 0 Å². The predicted molar refractivity (Wildman–Crippen MR) is 143 cm³/mol. The van der Waals surface area contributed by atoms with Crippen LogP contribution in [0.25, 0.3) is 22.4 Å². The van der Waals surface area contributed by atoms with Gasteiger partial charge in [0, 0.05) is 30.3 Å². The first-order chi connectivity index (χ1) is 19.0. The molecule has 1 aromatic heterocycles. The second-order valence-electron chi connectivity index (χ2n) is 10.5. The van der Waals surface area contributed by atoms with Crippen LogP contribution in [0.5, 0.6) is 5.75 Å². The molecule has 0 aliphatic carbocycles. The normalized spacial score (nSPS) is 15.3. The van der Waals surface area contributed by atoms with E-state index in [-0.39, 0.29) is 29.8 Å². The Morgan fingerprint density at radius 1 is 1.15 bits per heavy atom. The highest BCUT2D eigenvalue weighted by Crippen LogP contribution is 2.35.